The first kappa shape index (κ1) is 12.4. The molecule has 0 spiro atoms. The largest absolute Gasteiger partial charge is 0.337 e. The molecule has 0 aliphatic rings. The van der Waals surface area contributed by atoms with Gasteiger partial charge >= 0.3 is 0 Å². The van der Waals surface area contributed by atoms with Crippen molar-refractivity contribution >= 4 is 28.8 Å². The van der Waals surface area contributed by atoms with Crippen molar-refractivity contribution in [2.24, 2.45) is 5.92 Å². The zero-order valence-electron chi connectivity index (χ0n) is 9.03. The number of nitrogens with zero attached hydrogens (tertiary/aromatic N) is 3. The van der Waals surface area contributed by atoms with E-state index in [4.69, 9.17) is 11.6 Å². The molecule has 0 unspecified atom stereocenters. The van der Waals surface area contributed by atoms with E-state index >= 15 is 0 Å². The third kappa shape index (κ3) is 3.43. The number of rotatable bonds is 4. The Morgan fingerprint density at radius 3 is 2.60 bits per heavy atom. The summed E-state index contributed by atoms with van der Waals surface area (Å²) in [6.07, 6.45) is 0. The Morgan fingerprint density at radius 2 is 2.20 bits per heavy atom. The Morgan fingerprint density at radius 1 is 1.53 bits per heavy atom. The van der Waals surface area contributed by atoms with Crippen LogP contribution in [0.1, 0.15) is 30.6 Å². The van der Waals surface area contributed by atoms with E-state index < -0.39 is 0 Å². The summed E-state index contributed by atoms with van der Waals surface area (Å²) in [6.45, 7) is 7.50. The van der Waals surface area contributed by atoms with Gasteiger partial charge in [-0.3, -0.25) is 4.79 Å². The highest BCUT2D eigenvalue weighted by molar-refractivity contribution is 7.17. The third-order valence-electron chi connectivity index (χ3n) is 1.84. The number of hydrogen-bond acceptors (Lipinski definition) is 4. The zero-order chi connectivity index (χ0) is 11.4. The first-order valence-electron chi connectivity index (χ1n) is 4.82. The monoisotopic (exact) mass is 247 g/mol. The van der Waals surface area contributed by atoms with E-state index in [2.05, 4.69) is 24.0 Å². The average Bonchev–Trinajstić information content (AvgIpc) is 2.60. The summed E-state index contributed by atoms with van der Waals surface area (Å²) in [5.41, 5.74) is 0. The van der Waals surface area contributed by atoms with Crippen LogP contribution in [0.25, 0.3) is 0 Å². The van der Waals surface area contributed by atoms with Gasteiger partial charge in [-0.15, -0.1) is 10.2 Å². The van der Waals surface area contributed by atoms with E-state index in [1.54, 1.807) is 4.90 Å². The Labute approximate surface area is 98.3 Å². The lowest BCUT2D eigenvalue weighted by Crippen LogP contribution is -2.33. The van der Waals surface area contributed by atoms with E-state index in [1.165, 1.54) is 0 Å². The van der Waals surface area contributed by atoms with Crippen LogP contribution in [0, 0.1) is 5.92 Å². The molecule has 0 aliphatic heterocycles. The van der Waals surface area contributed by atoms with Gasteiger partial charge in [0.05, 0.1) is 0 Å². The Bertz CT molecular complexity index is 340. The van der Waals surface area contributed by atoms with Crippen LogP contribution in [0.5, 0.6) is 0 Å². The molecule has 0 aliphatic carbocycles. The van der Waals surface area contributed by atoms with Crippen LogP contribution in [-0.2, 0) is 0 Å². The smallest absolute Gasteiger partial charge is 0.284 e. The van der Waals surface area contributed by atoms with Crippen LogP contribution in [0.15, 0.2) is 0 Å². The molecule has 0 atom stereocenters. The fourth-order valence-corrected chi connectivity index (χ4v) is 2.02. The van der Waals surface area contributed by atoms with Gasteiger partial charge in [-0.25, -0.2) is 0 Å². The summed E-state index contributed by atoms with van der Waals surface area (Å²) in [7, 11) is 0. The molecular formula is C9H14ClN3OS. The van der Waals surface area contributed by atoms with E-state index in [9.17, 15) is 4.79 Å². The number of halogens is 1. The molecule has 0 aromatic carbocycles. The molecule has 0 fully saturated rings. The van der Waals surface area contributed by atoms with Gasteiger partial charge in [-0.05, 0) is 24.4 Å². The summed E-state index contributed by atoms with van der Waals surface area (Å²) in [4.78, 5) is 13.7. The lowest BCUT2D eigenvalue weighted by Gasteiger charge is -2.21. The first-order chi connectivity index (χ1) is 7.04. The molecule has 0 saturated heterocycles. The average molecular weight is 248 g/mol. The normalized spacial score (nSPS) is 10.7. The topological polar surface area (TPSA) is 46.1 Å². The predicted molar refractivity (Wildman–Crippen MR) is 61.3 cm³/mol. The van der Waals surface area contributed by atoms with Crippen LogP contribution in [0.2, 0.25) is 4.47 Å². The van der Waals surface area contributed by atoms with Crippen molar-refractivity contribution in [1.82, 2.24) is 15.1 Å². The first-order valence-corrected chi connectivity index (χ1v) is 6.02. The van der Waals surface area contributed by atoms with Crippen molar-refractivity contribution in [2.75, 3.05) is 13.1 Å². The second kappa shape index (κ2) is 5.42. The maximum absolute atomic E-state index is 11.9. The third-order valence-corrected chi connectivity index (χ3v) is 2.84. The number of carbonyl (C=O) groups excluding carboxylic acids is 1. The highest BCUT2D eigenvalue weighted by Gasteiger charge is 2.19. The number of carbonyl (C=O) groups is 1. The zero-order valence-corrected chi connectivity index (χ0v) is 10.6. The number of hydrogen-bond donors (Lipinski definition) is 0. The highest BCUT2D eigenvalue weighted by atomic mass is 35.5. The van der Waals surface area contributed by atoms with Crippen LogP contribution < -0.4 is 0 Å². The fourth-order valence-electron chi connectivity index (χ4n) is 1.22. The van der Waals surface area contributed by atoms with E-state index in [0.717, 1.165) is 17.9 Å². The lowest BCUT2D eigenvalue weighted by molar-refractivity contribution is 0.0744. The van der Waals surface area contributed by atoms with Gasteiger partial charge in [-0.2, -0.15) is 0 Å². The van der Waals surface area contributed by atoms with Crippen LogP contribution in [0.3, 0.4) is 0 Å². The summed E-state index contributed by atoms with van der Waals surface area (Å²) in [6, 6.07) is 0. The maximum Gasteiger partial charge on any atom is 0.284 e. The molecule has 0 N–H and O–H groups in total. The standard InChI is InChI=1S/C9H14ClN3OS/c1-4-13(5-6(2)3)8(14)7-11-12-9(10)15-7/h6H,4-5H2,1-3H3. The molecule has 1 amide bonds. The molecule has 0 radical (unpaired) electrons. The molecular weight excluding hydrogens is 234 g/mol. The van der Waals surface area contributed by atoms with Gasteiger partial charge in [-0.1, -0.05) is 25.2 Å². The van der Waals surface area contributed by atoms with Gasteiger partial charge in [0.2, 0.25) is 9.47 Å². The Hall–Kier alpha value is -0.680. The minimum absolute atomic E-state index is 0.0874. The quantitative estimate of drug-likeness (QED) is 0.820. The van der Waals surface area contributed by atoms with E-state index in [1.807, 2.05) is 6.92 Å². The van der Waals surface area contributed by atoms with Gasteiger partial charge in [0.1, 0.15) is 0 Å². The van der Waals surface area contributed by atoms with Crippen molar-refractivity contribution in [3.63, 3.8) is 0 Å². The molecule has 1 aromatic heterocycles. The minimum atomic E-state index is -0.0874. The molecule has 4 nitrogen and oxygen atoms in total. The lowest BCUT2D eigenvalue weighted by atomic mass is 10.2. The van der Waals surface area contributed by atoms with Gasteiger partial charge in [0, 0.05) is 13.1 Å². The second-order valence-electron chi connectivity index (χ2n) is 3.60. The molecule has 1 heterocycles. The van der Waals surface area contributed by atoms with Gasteiger partial charge < -0.3 is 4.90 Å². The van der Waals surface area contributed by atoms with Crippen LogP contribution in [0.4, 0.5) is 0 Å². The van der Waals surface area contributed by atoms with E-state index in [0.29, 0.717) is 21.9 Å². The molecule has 1 rings (SSSR count). The van der Waals surface area contributed by atoms with Crippen molar-refractivity contribution in [1.29, 1.82) is 0 Å². The second-order valence-corrected chi connectivity index (χ2v) is 5.16. The predicted octanol–water partition coefficient (Wildman–Crippen LogP) is 2.31. The summed E-state index contributed by atoms with van der Waals surface area (Å²) in [5.74, 6) is 0.355. The van der Waals surface area contributed by atoms with Crippen molar-refractivity contribution in [3.8, 4) is 0 Å². The van der Waals surface area contributed by atoms with Crippen LogP contribution in [-0.4, -0.2) is 34.1 Å². The number of aromatic nitrogens is 2. The Kier molecular flexibility index (Phi) is 4.47. The minimum Gasteiger partial charge on any atom is -0.337 e. The SMILES string of the molecule is CCN(CC(C)C)C(=O)c1nnc(Cl)s1. The molecule has 0 saturated carbocycles. The van der Waals surface area contributed by atoms with Gasteiger partial charge in [0.25, 0.3) is 5.91 Å². The molecule has 84 valence electrons. The van der Waals surface area contributed by atoms with Crippen molar-refractivity contribution in [3.05, 3.63) is 9.47 Å². The molecule has 1 aromatic rings. The van der Waals surface area contributed by atoms with Crippen molar-refractivity contribution < 1.29 is 4.79 Å². The molecule has 15 heavy (non-hydrogen) atoms. The molecule has 0 bridgehead atoms. The van der Waals surface area contributed by atoms with Gasteiger partial charge in [0.15, 0.2) is 0 Å². The summed E-state index contributed by atoms with van der Waals surface area (Å²) in [5, 5.41) is 7.72. The van der Waals surface area contributed by atoms with Crippen molar-refractivity contribution in [2.45, 2.75) is 20.8 Å². The fraction of sp³-hybridized carbons (Fsp3) is 0.667. The molecule has 6 heteroatoms. The van der Waals surface area contributed by atoms with E-state index in [-0.39, 0.29) is 5.91 Å². The van der Waals surface area contributed by atoms with Crippen LogP contribution >= 0.6 is 22.9 Å². The summed E-state index contributed by atoms with van der Waals surface area (Å²) < 4.78 is 0.305. The summed E-state index contributed by atoms with van der Waals surface area (Å²) >= 11 is 6.75. The number of amides is 1. The highest BCUT2D eigenvalue weighted by Crippen LogP contribution is 2.17. The maximum atomic E-state index is 11.9. The Balaban J connectivity index is 2.73.